The van der Waals surface area contributed by atoms with Crippen molar-refractivity contribution in [2.45, 2.75) is 96.6 Å². The van der Waals surface area contributed by atoms with E-state index >= 15 is 0 Å². The number of nitro benzene ring substituents is 1. The molecule has 0 unspecified atom stereocenters. The second-order valence-corrected chi connectivity index (χ2v) is 10.4. The maximum atomic E-state index is 13.9. The molecule has 0 bridgehead atoms. The van der Waals surface area contributed by atoms with E-state index < -0.39 is 0 Å². The molecule has 35 heavy (non-hydrogen) atoms. The molecular weight excluding hydrogens is 440 g/mol. The Balaban J connectivity index is 1.68. The summed E-state index contributed by atoms with van der Waals surface area (Å²) in [6.45, 7) is 9.47. The third kappa shape index (κ3) is 8.57. The molecule has 3 rings (SSSR count). The van der Waals surface area contributed by atoms with Crippen LogP contribution in [-0.4, -0.2) is 76.9 Å². The molecule has 0 radical (unpaired) electrons. The van der Waals surface area contributed by atoms with Crippen LogP contribution in [0.5, 0.6) is 0 Å². The lowest BCUT2D eigenvalue weighted by molar-refractivity contribution is -0.384. The average molecular weight is 487 g/mol. The SMILES string of the molecule is CCN(CC)CCN(CCc1ccc([N+](=O)[O-])cc1)CC(=O)N(C1CCCCC1)C1CCCCC1. The monoisotopic (exact) mass is 486 g/mol. The molecular formula is C28H46N4O3. The fourth-order valence-corrected chi connectivity index (χ4v) is 5.86. The molecule has 196 valence electrons. The van der Waals surface area contributed by atoms with Crippen molar-refractivity contribution in [2.24, 2.45) is 0 Å². The fourth-order valence-electron chi connectivity index (χ4n) is 5.86. The fraction of sp³-hybridized carbons (Fsp3) is 0.750. The number of hydrogen-bond acceptors (Lipinski definition) is 5. The third-order valence-corrected chi connectivity index (χ3v) is 8.07. The van der Waals surface area contributed by atoms with Crippen molar-refractivity contribution >= 4 is 11.6 Å². The second-order valence-electron chi connectivity index (χ2n) is 10.4. The molecule has 0 atom stereocenters. The van der Waals surface area contributed by atoms with Gasteiger partial charge in [0.2, 0.25) is 5.91 Å². The van der Waals surface area contributed by atoms with Crippen molar-refractivity contribution in [3.63, 3.8) is 0 Å². The van der Waals surface area contributed by atoms with Gasteiger partial charge in [0.15, 0.2) is 0 Å². The number of likely N-dealkylation sites (N-methyl/N-ethyl adjacent to an activating group) is 1. The maximum Gasteiger partial charge on any atom is 0.269 e. The van der Waals surface area contributed by atoms with Gasteiger partial charge in [-0.15, -0.1) is 0 Å². The Labute approximate surface area is 212 Å². The molecule has 2 saturated carbocycles. The van der Waals surface area contributed by atoms with Gasteiger partial charge in [-0.1, -0.05) is 64.5 Å². The number of non-ortho nitro benzene ring substituents is 1. The number of nitro groups is 1. The van der Waals surface area contributed by atoms with Crippen LogP contribution in [0.1, 0.15) is 83.6 Å². The van der Waals surface area contributed by atoms with E-state index in [2.05, 4.69) is 28.5 Å². The highest BCUT2D eigenvalue weighted by Gasteiger charge is 2.33. The molecule has 2 fully saturated rings. The van der Waals surface area contributed by atoms with Crippen LogP contribution in [0, 0.1) is 10.1 Å². The average Bonchev–Trinajstić information content (AvgIpc) is 2.89. The van der Waals surface area contributed by atoms with Crippen LogP contribution in [0.2, 0.25) is 0 Å². The van der Waals surface area contributed by atoms with Gasteiger partial charge >= 0.3 is 0 Å². The Morgan fingerprint density at radius 3 is 1.83 bits per heavy atom. The number of carbonyl (C=O) groups excluding carboxylic acids is 1. The standard InChI is InChI=1S/C28H46N4O3/c1-3-29(4-2)21-22-30(20-19-24-15-17-27(18-16-24)32(34)35)23-28(33)31(25-11-7-5-8-12-25)26-13-9-6-10-14-26/h15-18,25-26H,3-14,19-23H2,1-2H3. The van der Waals surface area contributed by atoms with Crippen LogP contribution in [0.15, 0.2) is 24.3 Å². The highest BCUT2D eigenvalue weighted by Crippen LogP contribution is 2.30. The summed E-state index contributed by atoms with van der Waals surface area (Å²) in [5.41, 5.74) is 1.20. The van der Waals surface area contributed by atoms with Gasteiger partial charge in [-0.25, -0.2) is 0 Å². The molecule has 1 amide bonds. The molecule has 0 aliphatic heterocycles. The van der Waals surface area contributed by atoms with Crippen molar-refractivity contribution in [3.8, 4) is 0 Å². The maximum absolute atomic E-state index is 13.9. The van der Waals surface area contributed by atoms with Gasteiger partial charge in [-0.05, 0) is 50.8 Å². The summed E-state index contributed by atoms with van der Waals surface area (Å²) in [5.74, 6) is 0.312. The molecule has 1 aromatic carbocycles. The topological polar surface area (TPSA) is 69.9 Å². The van der Waals surface area contributed by atoms with Crippen molar-refractivity contribution in [1.29, 1.82) is 0 Å². The molecule has 2 aliphatic rings. The van der Waals surface area contributed by atoms with E-state index in [0.717, 1.165) is 70.4 Å². The van der Waals surface area contributed by atoms with Crippen LogP contribution < -0.4 is 0 Å². The lowest BCUT2D eigenvalue weighted by atomic mass is 9.88. The minimum Gasteiger partial charge on any atom is -0.336 e. The predicted octanol–water partition coefficient (Wildman–Crippen LogP) is 5.28. The first-order valence-corrected chi connectivity index (χ1v) is 14.0. The van der Waals surface area contributed by atoms with Crippen LogP contribution >= 0.6 is 0 Å². The molecule has 0 aromatic heterocycles. The van der Waals surface area contributed by atoms with Crippen molar-refractivity contribution in [3.05, 3.63) is 39.9 Å². The van der Waals surface area contributed by atoms with Gasteiger partial charge in [0.05, 0.1) is 11.5 Å². The number of benzene rings is 1. The first-order valence-electron chi connectivity index (χ1n) is 14.0. The number of carbonyl (C=O) groups is 1. The van der Waals surface area contributed by atoms with E-state index in [0.29, 0.717) is 24.5 Å². The highest BCUT2D eigenvalue weighted by atomic mass is 16.6. The summed E-state index contributed by atoms with van der Waals surface area (Å²) in [5, 5.41) is 11.0. The molecule has 2 aliphatic carbocycles. The molecule has 7 heteroatoms. The van der Waals surface area contributed by atoms with Gasteiger partial charge in [0.1, 0.15) is 0 Å². The van der Waals surface area contributed by atoms with Crippen molar-refractivity contribution < 1.29 is 9.72 Å². The van der Waals surface area contributed by atoms with Gasteiger partial charge in [-0.3, -0.25) is 19.8 Å². The summed E-state index contributed by atoms with van der Waals surface area (Å²) in [6, 6.07) is 7.68. The van der Waals surface area contributed by atoms with Crippen molar-refractivity contribution in [2.75, 3.05) is 39.3 Å². The van der Waals surface area contributed by atoms with Crippen LogP contribution in [-0.2, 0) is 11.2 Å². The van der Waals surface area contributed by atoms with E-state index in [9.17, 15) is 14.9 Å². The lowest BCUT2D eigenvalue weighted by Gasteiger charge is -2.42. The normalized spacial score (nSPS) is 17.7. The Hall–Kier alpha value is -1.99. The number of rotatable bonds is 13. The molecule has 7 nitrogen and oxygen atoms in total. The third-order valence-electron chi connectivity index (χ3n) is 8.07. The zero-order valence-corrected chi connectivity index (χ0v) is 22.0. The largest absolute Gasteiger partial charge is 0.336 e. The smallest absolute Gasteiger partial charge is 0.269 e. The Morgan fingerprint density at radius 2 is 1.34 bits per heavy atom. The van der Waals surface area contributed by atoms with E-state index in [1.807, 2.05) is 12.1 Å². The molecule has 0 heterocycles. The van der Waals surface area contributed by atoms with Crippen LogP contribution in [0.25, 0.3) is 0 Å². The highest BCUT2D eigenvalue weighted by molar-refractivity contribution is 5.79. The zero-order valence-electron chi connectivity index (χ0n) is 22.0. The molecule has 0 spiro atoms. The van der Waals surface area contributed by atoms with E-state index in [1.165, 1.54) is 38.5 Å². The minimum absolute atomic E-state index is 0.123. The quantitative estimate of drug-likeness (QED) is 0.280. The van der Waals surface area contributed by atoms with Crippen LogP contribution in [0.4, 0.5) is 5.69 Å². The summed E-state index contributed by atoms with van der Waals surface area (Å²) < 4.78 is 0. The van der Waals surface area contributed by atoms with Gasteiger partial charge in [0, 0.05) is 43.9 Å². The lowest BCUT2D eigenvalue weighted by Crippen LogP contribution is -2.52. The minimum atomic E-state index is -0.357. The Kier molecular flexibility index (Phi) is 11.5. The zero-order chi connectivity index (χ0) is 25.0. The summed E-state index contributed by atoms with van der Waals surface area (Å²) >= 11 is 0. The predicted molar refractivity (Wildman–Crippen MR) is 142 cm³/mol. The van der Waals surface area contributed by atoms with Gasteiger partial charge in [-0.2, -0.15) is 0 Å². The molecule has 0 N–H and O–H groups in total. The Bertz CT molecular complexity index is 751. The molecule has 0 saturated heterocycles. The van der Waals surface area contributed by atoms with Crippen LogP contribution in [0.3, 0.4) is 0 Å². The summed E-state index contributed by atoms with van der Waals surface area (Å²) in [4.78, 5) is 31.5. The van der Waals surface area contributed by atoms with Crippen molar-refractivity contribution in [1.82, 2.24) is 14.7 Å². The summed E-state index contributed by atoms with van der Waals surface area (Å²) in [6.07, 6.45) is 13.0. The van der Waals surface area contributed by atoms with Gasteiger partial charge in [0.25, 0.3) is 5.69 Å². The first-order chi connectivity index (χ1) is 17.0. The Morgan fingerprint density at radius 1 is 0.829 bits per heavy atom. The number of hydrogen-bond donors (Lipinski definition) is 0. The number of amides is 1. The first kappa shape index (κ1) is 27.6. The number of nitrogens with zero attached hydrogens (tertiary/aromatic N) is 4. The van der Waals surface area contributed by atoms with Gasteiger partial charge < -0.3 is 9.80 Å². The van der Waals surface area contributed by atoms with E-state index in [4.69, 9.17) is 0 Å². The molecule has 1 aromatic rings. The van der Waals surface area contributed by atoms with E-state index in [1.54, 1.807) is 12.1 Å². The summed E-state index contributed by atoms with van der Waals surface area (Å²) in [7, 11) is 0. The second kappa shape index (κ2) is 14.5. The van der Waals surface area contributed by atoms with E-state index in [-0.39, 0.29) is 10.6 Å².